The highest BCUT2D eigenvalue weighted by molar-refractivity contribution is 7.54. The normalized spacial score (nSPS) is 12.2. The van der Waals surface area contributed by atoms with Crippen molar-refractivity contribution in [2.24, 2.45) is 0 Å². The number of hydrogen-bond donors (Lipinski definition) is 1. The number of H-pyrrole nitrogens is 1. The molecule has 0 fully saturated rings. The zero-order chi connectivity index (χ0) is 14.5. The van der Waals surface area contributed by atoms with Gasteiger partial charge in [0.15, 0.2) is 0 Å². The summed E-state index contributed by atoms with van der Waals surface area (Å²) in [7, 11) is -0.437. The summed E-state index contributed by atoms with van der Waals surface area (Å²) in [6.07, 6.45) is 4.86. The van der Waals surface area contributed by atoms with Gasteiger partial charge < -0.3 is 9.05 Å². The van der Waals surface area contributed by atoms with Crippen LogP contribution in [0.3, 0.4) is 0 Å². The lowest BCUT2D eigenvalue weighted by molar-refractivity contribution is 0.279. The molecule has 0 unspecified atom stereocenters. The fourth-order valence-corrected chi connectivity index (χ4v) is 2.22. The maximum Gasteiger partial charge on any atom is 0.333 e. The molecule has 0 aromatic carbocycles. The number of nitrogens with one attached hydrogen (secondary N) is 1. The van der Waals surface area contributed by atoms with Crippen LogP contribution in [0, 0.1) is 6.92 Å². The molecule has 0 amide bonds. The molecular weight excluding hydrogens is 271 g/mol. The van der Waals surface area contributed by atoms with Crippen LogP contribution in [0.5, 0.6) is 0 Å². The Morgan fingerprint density at radius 1 is 1.32 bits per heavy atom. The first-order valence-corrected chi connectivity index (χ1v) is 7.30. The van der Waals surface area contributed by atoms with Gasteiger partial charge >= 0.3 is 13.3 Å². The Balaban J connectivity index is 2.73. The molecular formula is C11H17N2O5P. The van der Waals surface area contributed by atoms with Gasteiger partial charge in [-0.1, -0.05) is 12.2 Å². The highest BCUT2D eigenvalue weighted by Crippen LogP contribution is 2.46. The van der Waals surface area contributed by atoms with E-state index in [1.807, 2.05) is 0 Å². The zero-order valence-corrected chi connectivity index (χ0v) is 12.0. The van der Waals surface area contributed by atoms with E-state index in [0.717, 1.165) is 0 Å². The van der Waals surface area contributed by atoms with E-state index in [1.54, 1.807) is 19.1 Å². The Labute approximate surface area is 110 Å². The van der Waals surface area contributed by atoms with E-state index in [1.165, 1.54) is 25.0 Å². The number of aromatic nitrogens is 2. The van der Waals surface area contributed by atoms with Crippen LogP contribution in [-0.4, -0.2) is 29.9 Å². The predicted molar refractivity (Wildman–Crippen MR) is 71.7 cm³/mol. The standard InChI is InChI=1S/C11H17N2O5P/c1-9-8-13(11(15)12-10(9)14)6-4-5-7-19(16,17-2)18-3/h4-5,8H,6-7H2,1-3H3,(H,12,14,15)/b5-4-. The lowest BCUT2D eigenvalue weighted by Gasteiger charge is -2.10. The van der Waals surface area contributed by atoms with Gasteiger partial charge in [-0.15, -0.1) is 0 Å². The first kappa shape index (κ1) is 15.6. The van der Waals surface area contributed by atoms with Gasteiger partial charge in [0.2, 0.25) is 0 Å². The first-order valence-electron chi connectivity index (χ1n) is 5.58. The highest BCUT2D eigenvalue weighted by Gasteiger charge is 2.17. The Bertz CT molecular complexity index is 608. The zero-order valence-electron chi connectivity index (χ0n) is 11.1. The highest BCUT2D eigenvalue weighted by atomic mass is 31.2. The topological polar surface area (TPSA) is 90.4 Å². The van der Waals surface area contributed by atoms with Crippen molar-refractivity contribution in [1.29, 1.82) is 0 Å². The largest absolute Gasteiger partial charge is 0.333 e. The van der Waals surface area contributed by atoms with E-state index in [0.29, 0.717) is 5.56 Å². The van der Waals surface area contributed by atoms with Gasteiger partial charge in [-0.2, -0.15) is 0 Å². The SMILES string of the molecule is COP(=O)(C/C=C\Cn1cc(C)c(=O)[nH]c1=O)OC. The van der Waals surface area contributed by atoms with Crippen LogP contribution in [0.2, 0.25) is 0 Å². The van der Waals surface area contributed by atoms with Gasteiger partial charge in [0.1, 0.15) is 0 Å². The Hall–Kier alpha value is -1.43. The van der Waals surface area contributed by atoms with Crippen LogP contribution >= 0.6 is 7.60 Å². The maximum absolute atomic E-state index is 11.7. The molecule has 1 heterocycles. The lowest BCUT2D eigenvalue weighted by atomic mass is 10.4. The Morgan fingerprint density at radius 2 is 1.95 bits per heavy atom. The number of allylic oxidation sites excluding steroid dienone is 2. The van der Waals surface area contributed by atoms with Crippen molar-refractivity contribution in [3.8, 4) is 0 Å². The van der Waals surface area contributed by atoms with Crippen LogP contribution in [0.15, 0.2) is 27.9 Å². The Kier molecular flexibility index (Phi) is 5.47. The molecule has 0 aliphatic rings. The van der Waals surface area contributed by atoms with E-state index in [2.05, 4.69) is 4.98 Å². The number of hydrogen-bond acceptors (Lipinski definition) is 5. The average Bonchev–Trinajstić information content (AvgIpc) is 2.40. The summed E-state index contributed by atoms with van der Waals surface area (Å²) in [6.45, 7) is 1.88. The van der Waals surface area contributed by atoms with Crippen LogP contribution in [0.1, 0.15) is 5.56 Å². The summed E-state index contributed by atoms with van der Waals surface area (Å²) in [6, 6.07) is 0. The molecule has 1 N–H and O–H groups in total. The minimum Gasteiger partial charge on any atom is -0.312 e. The molecule has 0 aliphatic heterocycles. The maximum atomic E-state index is 11.7. The minimum absolute atomic E-state index is 0.122. The molecule has 0 spiro atoms. The lowest BCUT2D eigenvalue weighted by Crippen LogP contribution is -2.30. The molecule has 0 saturated carbocycles. The average molecular weight is 288 g/mol. The molecule has 106 valence electrons. The van der Waals surface area contributed by atoms with E-state index in [4.69, 9.17) is 9.05 Å². The molecule has 1 aromatic rings. The minimum atomic E-state index is -3.06. The summed E-state index contributed by atoms with van der Waals surface area (Å²) in [5.74, 6) is 0. The van der Waals surface area contributed by atoms with Crippen LogP contribution in [0.25, 0.3) is 0 Å². The second-order valence-electron chi connectivity index (χ2n) is 3.85. The third-order valence-electron chi connectivity index (χ3n) is 2.54. The molecule has 8 heteroatoms. The van der Waals surface area contributed by atoms with Gasteiger partial charge in [0, 0.05) is 32.5 Å². The van der Waals surface area contributed by atoms with Gasteiger partial charge in [0.25, 0.3) is 5.56 Å². The van der Waals surface area contributed by atoms with E-state index in [-0.39, 0.29) is 12.7 Å². The number of rotatable bonds is 6. The number of aryl methyl sites for hydroxylation is 1. The van der Waals surface area contributed by atoms with Gasteiger partial charge in [-0.25, -0.2) is 4.79 Å². The van der Waals surface area contributed by atoms with Crippen molar-refractivity contribution in [1.82, 2.24) is 9.55 Å². The summed E-state index contributed by atoms with van der Waals surface area (Å²) in [5, 5.41) is 0. The molecule has 7 nitrogen and oxygen atoms in total. The van der Waals surface area contributed by atoms with Crippen molar-refractivity contribution < 1.29 is 13.6 Å². The van der Waals surface area contributed by atoms with E-state index in [9.17, 15) is 14.2 Å². The third kappa shape index (κ3) is 4.31. The Morgan fingerprint density at radius 3 is 2.53 bits per heavy atom. The van der Waals surface area contributed by atoms with Crippen molar-refractivity contribution >= 4 is 7.60 Å². The van der Waals surface area contributed by atoms with Crippen molar-refractivity contribution in [3.05, 3.63) is 44.8 Å². The molecule has 19 heavy (non-hydrogen) atoms. The van der Waals surface area contributed by atoms with E-state index >= 15 is 0 Å². The molecule has 0 saturated heterocycles. The molecule has 0 radical (unpaired) electrons. The monoisotopic (exact) mass is 288 g/mol. The smallest absolute Gasteiger partial charge is 0.312 e. The second-order valence-corrected chi connectivity index (χ2v) is 6.17. The van der Waals surface area contributed by atoms with Crippen molar-refractivity contribution in [2.45, 2.75) is 13.5 Å². The first-order chi connectivity index (χ1) is 8.91. The van der Waals surface area contributed by atoms with Gasteiger partial charge in [0.05, 0.1) is 6.16 Å². The van der Waals surface area contributed by atoms with Crippen LogP contribution < -0.4 is 11.2 Å². The van der Waals surface area contributed by atoms with E-state index < -0.39 is 18.8 Å². The quantitative estimate of drug-likeness (QED) is 0.620. The van der Waals surface area contributed by atoms with Gasteiger partial charge in [-0.05, 0) is 6.92 Å². The number of nitrogens with zero attached hydrogens (tertiary/aromatic N) is 1. The summed E-state index contributed by atoms with van der Waals surface area (Å²) >= 11 is 0. The second kappa shape index (κ2) is 6.65. The number of aromatic amines is 1. The van der Waals surface area contributed by atoms with Crippen LogP contribution in [-0.2, 0) is 20.2 Å². The molecule has 1 aromatic heterocycles. The van der Waals surface area contributed by atoms with Crippen molar-refractivity contribution in [2.75, 3.05) is 20.4 Å². The molecule has 0 aliphatic carbocycles. The van der Waals surface area contributed by atoms with Crippen molar-refractivity contribution in [3.63, 3.8) is 0 Å². The molecule has 1 rings (SSSR count). The van der Waals surface area contributed by atoms with Gasteiger partial charge in [-0.3, -0.25) is 18.9 Å². The van der Waals surface area contributed by atoms with Crippen LogP contribution in [0.4, 0.5) is 0 Å². The summed E-state index contributed by atoms with van der Waals surface area (Å²) < 4.78 is 22.6. The third-order valence-corrected chi connectivity index (χ3v) is 4.31. The molecule has 0 bridgehead atoms. The fraction of sp³-hybridized carbons (Fsp3) is 0.455. The summed E-state index contributed by atoms with van der Waals surface area (Å²) in [4.78, 5) is 24.8. The summed E-state index contributed by atoms with van der Waals surface area (Å²) in [5.41, 5.74) is -0.428. The molecule has 0 atom stereocenters. The predicted octanol–water partition coefficient (Wildman–Crippen LogP) is 0.887. The fourth-order valence-electron chi connectivity index (χ4n) is 1.37.